The average Bonchev–Trinajstić information content (AvgIpc) is 3.34. The summed E-state index contributed by atoms with van der Waals surface area (Å²) in [7, 11) is 0. The van der Waals surface area contributed by atoms with Crippen LogP contribution in [0, 0.1) is 12.8 Å². The molecule has 0 aromatic carbocycles. The topological polar surface area (TPSA) is 89.9 Å². The first-order valence-electron chi connectivity index (χ1n) is 9.11. The van der Waals surface area contributed by atoms with Crippen molar-refractivity contribution in [1.82, 2.24) is 30.1 Å². The fourth-order valence-electron chi connectivity index (χ4n) is 4.54. The van der Waals surface area contributed by atoms with Gasteiger partial charge in [-0.15, -0.1) is 15.3 Å². The van der Waals surface area contributed by atoms with Crippen LogP contribution < -0.4 is 0 Å². The molecule has 0 bridgehead atoms. The van der Waals surface area contributed by atoms with Crippen LogP contribution >= 0.6 is 0 Å². The van der Waals surface area contributed by atoms with Gasteiger partial charge in [0.2, 0.25) is 11.8 Å². The molecule has 8 heteroatoms. The molecule has 1 aliphatic heterocycles. The van der Waals surface area contributed by atoms with Gasteiger partial charge in [0.1, 0.15) is 0 Å². The molecule has 1 saturated heterocycles. The highest BCUT2D eigenvalue weighted by molar-refractivity contribution is 5.93. The molecule has 0 N–H and O–H groups in total. The lowest BCUT2D eigenvalue weighted by Gasteiger charge is -2.24. The zero-order valence-electron chi connectivity index (χ0n) is 15.0. The molecule has 2 aliphatic rings. The van der Waals surface area contributed by atoms with Gasteiger partial charge in [0.25, 0.3) is 5.91 Å². The van der Waals surface area contributed by atoms with Crippen molar-refractivity contribution in [3.05, 3.63) is 23.2 Å². The lowest BCUT2D eigenvalue weighted by atomic mass is 9.80. The molecule has 1 amide bonds. The fraction of sp³-hybridized carbons (Fsp3) is 0.706. The van der Waals surface area contributed by atoms with Gasteiger partial charge in [-0.25, -0.2) is 4.68 Å². The van der Waals surface area contributed by atoms with E-state index in [9.17, 15) is 4.79 Å². The number of carbonyl (C=O) groups excluding carboxylic acids is 1. The summed E-state index contributed by atoms with van der Waals surface area (Å²) in [5.74, 6) is 1.62. The van der Waals surface area contributed by atoms with E-state index >= 15 is 0 Å². The summed E-state index contributed by atoms with van der Waals surface area (Å²) in [5, 5.41) is 16.6. The summed E-state index contributed by atoms with van der Waals surface area (Å²) < 4.78 is 7.59. The number of fused-ring (bicyclic) bond motifs is 1. The van der Waals surface area contributed by atoms with Gasteiger partial charge in [0, 0.05) is 26.6 Å². The Labute approximate surface area is 146 Å². The molecule has 2 aromatic heterocycles. The van der Waals surface area contributed by atoms with Crippen LogP contribution in [0.25, 0.3) is 0 Å². The minimum absolute atomic E-state index is 0.0263. The van der Waals surface area contributed by atoms with Gasteiger partial charge in [0.15, 0.2) is 5.69 Å². The third-order valence-electron chi connectivity index (χ3n) is 5.78. The van der Waals surface area contributed by atoms with Gasteiger partial charge in [-0.3, -0.25) is 4.79 Å². The van der Waals surface area contributed by atoms with Crippen molar-refractivity contribution < 1.29 is 9.21 Å². The smallest absolute Gasteiger partial charge is 0.276 e. The Morgan fingerprint density at radius 2 is 2.16 bits per heavy atom. The summed E-state index contributed by atoms with van der Waals surface area (Å²) in [4.78, 5) is 15.0. The third kappa shape index (κ3) is 2.38. The quantitative estimate of drug-likeness (QED) is 0.839. The van der Waals surface area contributed by atoms with Crippen LogP contribution in [-0.2, 0) is 18.4 Å². The number of amides is 1. The van der Waals surface area contributed by atoms with Crippen LogP contribution in [-0.4, -0.2) is 49.1 Å². The number of aromatic nitrogens is 5. The molecule has 0 unspecified atom stereocenters. The van der Waals surface area contributed by atoms with Crippen LogP contribution in [0.5, 0.6) is 0 Å². The maximum atomic E-state index is 13.1. The van der Waals surface area contributed by atoms with Crippen molar-refractivity contribution in [1.29, 1.82) is 0 Å². The molecular formula is C17H24N6O2. The predicted molar refractivity (Wildman–Crippen MR) is 89.0 cm³/mol. The largest absolute Gasteiger partial charge is 0.425 e. The highest BCUT2D eigenvalue weighted by Gasteiger charge is 2.55. The Balaban J connectivity index is 1.63. The lowest BCUT2D eigenvalue weighted by molar-refractivity contribution is 0.0768. The van der Waals surface area contributed by atoms with E-state index in [1.54, 1.807) is 4.68 Å². The molecule has 0 spiro atoms. The molecule has 8 nitrogen and oxygen atoms in total. The predicted octanol–water partition coefficient (Wildman–Crippen LogP) is 1.75. The highest BCUT2D eigenvalue weighted by atomic mass is 16.4. The Kier molecular flexibility index (Phi) is 3.85. The maximum absolute atomic E-state index is 13.1. The second kappa shape index (κ2) is 5.93. The summed E-state index contributed by atoms with van der Waals surface area (Å²) in [6.45, 7) is 7.92. The van der Waals surface area contributed by atoms with Gasteiger partial charge in [-0.2, -0.15) is 0 Å². The number of rotatable bonds is 4. The number of nitrogens with zero attached hydrogens (tertiary/aromatic N) is 6. The first-order chi connectivity index (χ1) is 12.1. The summed E-state index contributed by atoms with van der Waals surface area (Å²) in [6, 6.07) is 0. The molecule has 134 valence electrons. The summed E-state index contributed by atoms with van der Waals surface area (Å²) in [5.41, 5.74) is 1.21. The normalized spacial score (nSPS) is 25.6. The van der Waals surface area contributed by atoms with E-state index in [0.717, 1.165) is 44.5 Å². The average molecular weight is 344 g/mol. The molecule has 0 radical (unpaired) electrons. The third-order valence-corrected chi connectivity index (χ3v) is 5.78. The Bertz CT molecular complexity index is 797. The summed E-state index contributed by atoms with van der Waals surface area (Å²) >= 11 is 0. The number of carbonyl (C=O) groups is 1. The molecular weight excluding hydrogens is 320 g/mol. The zero-order chi connectivity index (χ0) is 17.6. The van der Waals surface area contributed by atoms with Gasteiger partial charge in [0.05, 0.1) is 11.1 Å². The van der Waals surface area contributed by atoms with E-state index in [1.165, 1.54) is 0 Å². The van der Waals surface area contributed by atoms with Gasteiger partial charge in [-0.1, -0.05) is 18.6 Å². The van der Waals surface area contributed by atoms with E-state index in [2.05, 4.69) is 20.5 Å². The minimum Gasteiger partial charge on any atom is -0.425 e. The van der Waals surface area contributed by atoms with Crippen molar-refractivity contribution in [2.75, 3.05) is 13.1 Å². The van der Waals surface area contributed by atoms with Gasteiger partial charge >= 0.3 is 0 Å². The highest BCUT2D eigenvalue weighted by Crippen LogP contribution is 2.50. The monoisotopic (exact) mass is 344 g/mol. The van der Waals surface area contributed by atoms with Crippen molar-refractivity contribution in [3.8, 4) is 0 Å². The van der Waals surface area contributed by atoms with Crippen LogP contribution in [0.4, 0.5) is 0 Å². The first-order valence-corrected chi connectivity index (χ1v) is 9.11. The minimum atomic E-state index is -0.190. The molecule has 1 saturated carbocycles. The van der Waals surface area contributed by atoms with Crippen LogP contribution in [0.15, 0.2) is 4.42 Å². The Hall–Kier alpha value is -2.25. The van der Waals surface area contributed by atoms with Gasteiger partial charge < -0.3 is 9.32 Å². The Morgan fingerprint density at radius 1 is 1.32 bits per heavy atom. The molecule has 2 fully saturated rings. The molecule has 3 heterocycles. The molecule has 2 aromatic rings. The lowest BCUT2D eigenvalue weighted by Crippen LogP contribution is -2.35. The van der Waals surface area contributed by atoms with E-state index in [1.807, 2.05) is 25.7 Å². The maximum Gasteiger partial charge on any atom is 0.276 e. The van der Waals surface area contributed by atoms with Crippen molar-refractivity contribution in [2.45, 2.75) is 58.4 Å². The Morgan fingerprint density at radius 3 is 2.84 bits per heavy atom. The second-order valence-corrected chi connectivity index (χ2v) is 7.11. The molecule has 25 heavy (non-hydrogen) atoms. The SMILES string of the molecule is CCc1c(C(=O)N2C[C@@H]3CCC[C@]3(c3nnc(C)o3)C2)nnn1CC. The number of hydrogen-bond donors (Lipinski definition) is 0. The van der Waals surface area contributed by atoms with Crippen molar-refractivity contribution >= 4 is 5.91 Å². The van der Waals surface area contributed by atoms with E-state index in [4.69, 9.17) is 4.42 Å². The number of hydrogen-bond acceptors (Lipinski definition) is 6. The fourth-order valence-corrected chi connectivity index (χ4v) is 4.54. The van der Waals surface area contributed by atoms with Crippen molar-refractivity contribution in [3.63, 3.8) is 0 Å². The standard InChI is InChI=1S/C17H24N6O2/c1-4-13-14(19-21-23(13)5-2)15(24)22-9-12-7-6-8-17(12,10-22)16-20-18-11(3)25-16/h12H,4-10H2,1-3H3/t12-,17-/m0/s1. The summed E-state index contributed by atoms with van der Waals surface area (Å²) in [6.07, 6.45) is 3.96. The molecule has 1 aliphatic carbocycles. The van der Waals surface area contributed by atoms with E-state index in [-0.39, 0.29) is 11.3 Å². The van der Waals surface area contributed by atoms with Crippen molar-refractivity contribution in [2.24, 2.45) is 5.92 Å². The number of aryl methyl sites for hydroxylation is 2. The number of likely N-dealkylation sites (tertiary alicyclic amines) is 1. The first kappa shape index (κ1) is 16.2. The van der Waals surface area contributed by atoms with Gasteiger partial charge in [-0.05, 0) is 32.1 Å². The van der Waals surface area contributed by atoms with Crippen LogP contribution in [0.1, 0.15) is 61.1 Å². The van der Waals surface area contributed by atoms with E-state index < -0.39 is 0 Å². The second-order valence-electron chi connectivity index (χ2n) is 7.11. The van der Waals surface area contributed by atoms with Crippen LogP contribution in [0.2, 0.25) is 0 Å². The molecule has 2 atom stereocenters. The van der Waals surface area contributed by atoms with E-state index in [0.29, 0.717) is 29.9 Å². The zero-order valence-corrected chi connectivity index (χ0v) is 15.0. The van der Waals surface area contributed by atoms with Crippen LogP contribution in [0.3, 0.4) is 0 Å². The molecule has 4 rings (SSSR count).